The van der Waals surface area contributed by atoms with Gasteiger partial charge in [0.25, 0.3) is 0 Å². The molecule has 0 saturated heterocycles. The molecule has 0 aliphatic heterocycles. The van der Waals surface area contributed by atoms with Gasteiger partial charge in [0.2, 0.25) is 0 Å². The van der Waals surface area contributed by atoms with E-state index in [9.17, 15) is 4.79 Å². The average molecular weight is 233 g/mol. The highest BCUT2D eigenvalue weighted by Gasteiger charge is 2.06. The molecule has 90 valence electrons. The van der Waals surface area contributed by atoms with Gasteiger partial charge in [0.15, 0.2) is 6.61 Å². The quantitative estimate of drug-likeness (QED) is 0.730. The number of esters is 1. The molecule has 0 radical (unpaired) electrons. The first kappa shape index (κ1) is 13.0. The van der Waals surface area contributed by atoms with Crippen LogP contribution in [0.2, 0.25) is 0 Å². The van der Waals surface area contributed by atoms with Crippen LogP contribution in [0.3, 0.4) is 0 Å². The summed E-state index contributed by atoms with van der Waals surface area (Å²) in [5, 5.41) is 8.28. The van der Waals surface area contributed by atoms with Gasteiger partial charge in [0, 0.05) is 0 Å². The van der Waals surface area contributed by atoms with Crippen molar-refractivity contribution in [2.24, 2.45) is 0 Å². The van der Waals surface area contributed by atoms with Gasteiger partial charge in [-0.05, 0) is 31.5 Å². The van der Waals surface area contributed by atoms with Crippen LogP contribution in [0.25, 0.3) is 0 Å². The summed E-state index contributed by atoms with van der Waals surface area (Å²) in [7, 11) is 0. The molecule has 0 fully saturated rings. The van der Waals surface area contributed by atoms with Crippen molar-refractivity contribution in [3.8, 4) is 11.8 Å². The molecule has 0 amide bonds. The lowest BCUT2D eigenvalue weighted by molar-refractivity contribution is -0.141. The third kappa shape index (κ3) is 5.03. The number of rotatable bonds is 5. The fourth-order valence-corrected chi connectivity index (χ4v) is 1.33. The van der Waals surface area contributed by atoms with Crippen molar-refractivity contribution in [2.45, 2.75) is 26.4 Å². The maximum absolute atomic E-state index is 11.3. The van der Waals surface area contributed by atoms with E-state index >= 15 is 0 Å². The van der Waals surface area contributed by atoms with Crippen molar-refractivity contribution in [3.05, 3.63) is 29.8 Å². The van der Waals surface area contributed by atoms with Gasteiger partial charge in [-0.1, -0.05) is 12.1 Å². The van der Waals surface area contributed by atoms with Gasteiger partial charge >= 0.3 is 5.97 Å². The molecule has 17 heavy (non-hydrogen) atoms. The zero-order chi connectivity index (χ0) is 12.7. The standard InChI is InChI=1S/C13H15NO3/c1-10(2)17-12-5-3-4-11(8-12)9-13(15)16-7-6-14/h3-5,8,10H,7,9H2,1-2H3. The van der Waals surface area contributed by atoms with Crippen LogP contribution in [0.5, 0.6) is 5.75 Å². The van der Waals surface area contributed by atoms with Crippen molar-refractivity contribution in [1.82, 2.24) is 0 Å². The highest BCUT2D eigenvalue weighted by Crippen LogP contribution is 2.15. The Morgan fingerprint density at radius 1 is 1.47 bits per heavy atom. The molecular weight excluding hydrogens is 218 g/mol. The van der Waals surface area contributed by atoms with Gasteiger partial charge in [-0.25, -0.2) is 0 Å². The molecule has 0 bridgehead atoms. The lowest BCUT2D eigenvalue weighted by Gasteiger charge is -2.10. The molecule has 0 aliphatic rings. The largest absolute Gasteiger partial charge is 0.491 e. The van der Waals surface area contributed by atoms with E-state index in [1.807, 2.05) is 32.0 Å². The van der Waals surface area contributed by atoms with E-state index in [1.165, 1.54) is 0 Å². The molecule has 0 atom stereocenters. The fourth-order valence-electron chi connectivity index (χ4n) is 1.33. The van der Waals surface area contributed by atoms with E-state index in [1.54, 1.807) is 12.1 Å². The van der Waals surface area contributed by atoms with Crippen LogP contribution in [0.1, 0.15) is 19.4 Å². The minimum atomic E-state index is -0.409. The van der Waals surface area contributed by atoms with Gasteiger partial charge in [-0.3, -0.25) is 4.79 Å². The minimum Gasteiger partial charge on any atom is -0.491 e. The molecule has 0 aromatic heterocycles. The fraction of sp³-hybridized carbons (Fsp3) is 0.385. The third-order valence-corrected chi connectivity index (χ3v) is 1.92. The van der Waals surface area contributed by atoms with Crippen molar-refractivity contribution < 1.29 is 14.3 Å². The van der Waals surface area contributed by atoms with Gasteiger partial charge in [-0.2, -0.15) is 5.26 Å². The second-order valence-corrected chi connectivity index (χ2v) is 3.81. The molecule has 0 heterocycles. The highest BCUT2D eigenvalue weighted by atomic mass is 16.5. The smallest absolute Gasteiger partial charge is 0.311 e. The summed E-state index contributed by atoms with van der Waals surface area (Å²) in [5.74, 6) is 0.318. The van der Waals surface area contributed by atoms with Crippen LogP contribution >= 0.6 is 0 Å². The number of hydrogen-bond donors (Lipinski definition) is 0. The van der Waals surface area contributed by atoms with Crippen LogP contribution in [-0.4, -0.2) is 18.7 Å². The summed E-state index contributed by atoms with van der Waals surface area (Å²) in [6.07, 6.45) is 0.243. The van der Waals surface area contributed by atoms with Crippen LogP contribution < -0.4 is 4.74 Å². The molecule has 0 unspecified atom stereocenters. The maximum Gasteiger partial charge on any atom is 0.311 e. The SMILES string of the molecule is CC(C)Oc1cccc(CC(=O)OCC#N)c1. The molecule has 0 aliphatic carbocycles. The topological polar surface area (TPSA) is 59.3 Å². The molecule has 0 saturated carbocycles. The number of carbonyl (C=O) groups is 1. The zero-order valence-electron chi connectivity index (χ0n) is 9.97. The second-order valence-electron chi connectivity index (χ2n) is 3.81. The van der Waals surface area contributed by atoms with Crippen molar-refractivity contribution in [1.29, 1.82) is 5.26 Å². The first-order valence-electron chi connectivity index (χ1n) is 5.40. The van der Waals surface area contributed by atoms with E-state index in [4.69, 9.17) is 10.00 Å². The van der Waals surface area contributed by atoms with Crippen LogP contribution in [0.4, 0.5) is 0 Å². The van der Waals surface area contributed by atoms with Gasteiger partial charge in [-0.15, -0.1) is 0 Å². The first-order chi connectivity index (χ1) is 8.11. The maximum atomic E-state index is 11.3. The molecule has 0 spiro atoms. The first-order valence-corrected chi connectivity index (χ1v) is 5.40. The number of carbonyl (C=O) groups excluding carboxylic acids is 1. The van der Waals surface area contributed by atoms with E-state index in [0.29, 0.717) is 0 Å². The number of nitriles is 1. The van der Waals surface area contributed by atoms with Crippen molar-refractivity contribution >= 4 is 5.97 Å². The Morgan fingerprint density at radius 2 is 2.24 bits per heavy atom. The minimum absolute atomic E-state index is 0.0933. The third-order valence-electron chi connectivity index (χ3n) is 1.92. The molecule has 4 heteroatoms. The summed E-state index contributed by atoms with van der Waals surface area (Å²) in [4.78, 5) is 11.3. The van der Waals surface area contributed by atoms with Crippen molar-refractivity contribution in [2.75, 3.05) is 6.61 Å². The lowest BCUT2D eigenvalue weighted by atomic mass is 10.1. The van der Waals surface area contributed by atoms with Gasteiger partial charge in [0.05, 0.1) is 12.5 Å². The monoisotopic (exact) mass is 233 g/mol. The Hall–Kier alpha value is -2.02. The molecule has 1 rings (SSSR count). The Bertz CT molecular complexity index is 421. The number of benzene rings is 1. The van der Waals surface area contributed by atoms with Gasteiger partial charge < -0.3 is 9.47 Å². The van der Waals surface area contributed by atoms with Crippen LogP contribution in [0.15, 0.2) is 24.3 Å². The second kappa shape index (κ2) is 6.54. The van der Waals surface area contributed by atoms with Gasteiger partial charge in [0.1, 0.15) is 11.8 Å². The van der Waals surface area contributed by atoms with E-state index in [-0.39, 0.29) is 19.1 Å². The molecule has 0 N–H and O–H groups in total. The van der Waals surface area contributed by atoms with E-state index < -0.39 is 5.97 Å². The molecular formula is C13H15NO3. The Balaban J connectivity index is 2.59. The van der Waals surface area contributed by atoms with E-state index in [0.717, 1.165) is 11.3 Å². The summed E-state index contributed by atoms with van der Waals surface area (Å²) < 4.78 is 10.2. The zero-order valence-corrected chi connectivity index (χ0v) is 9.97. The number of hydrogen-bond acceptors (Lipinski definition) is 4. The predicted molar refractivity (Wildman–Crippen MR) is 62.5 cm³/mol. The van der Waals surface area contributed by atoms with E-state index in [2.05, 4.69) is 4.74 Å². The lowest BCUT2D eigenvalue weighted by Crippen LogP contribution is -2.09. The Kier molecular flexibility index (Phi) is 5.02. The molecule has 1 aromatic rings. The Labute approximate surface area is 101 Å². The summed E-state index contributed by atoms with van der Waals surface area (Å²) in [5.41, 5.74) is 0.811. The molecule has 1 aromatic carbocycles. The number of nitrogens with zero attached hydrogens (tertiary/aromatic N) is 1. The highest BCUT2D eigenvalue weighted by molar-refractivity contribution is 5.72. The Morgan fingerprint density at radius 3 is 2.88 bits per heavy atom. The summed E-state index contributed by atoms with van der Waals surface area (Å²) in [6, 6.07) is 9.04. The number of ether oxygens (including phenoxy) is 2. The summed E-state index contributed by atoms with van der Waals surface area (Å²) >= 11 is 0. The van der Waals surface area contributed by atoms with Crippen LogP contribution in [0, 0.1) is 11.3 Å². The van der Waals surface area contributed by atoms with Crippen LogP contribution in [-0.2, 0) is 16.0 Å². The average Bonchev–Trinajstić information content (AvgIpc) is 2.26. The van der Waals surface area contributed by atoms with Crippen molar-refractivity contribution in [3.63, 3.8) is 0 Å². The molecule has 4 nitrogen and oxygen atoms in total. The summed E-state index contributed by atoms with van der Waals surface area (Å²) in [6.45, 7) is 3.67. The normalized spacial score (nSPS) is 9.76. The predicted octanol–water partition coefficient (Wildman–Crippen LogP) is 2.08.